The number of urea groups is 1. The second kappa shape index (κ2) is 7.73. The molecule has 0 aliphatic heterocycles. The smallest absolute Gasteiger partial charge is 0.323 e. The minimum Gasteiger partial charge on any atom is -0.495 e. The summed E-state index contributed by atoms with van der Waals surface area (Å²) in [4.78, 5) is 11.9. The highest BCUT2D eigenvalue weighted by Gasteiger charge is 2.06. The van der Waals surface area contributed by atoms with Crippen LogP contribution in [0.4, 0.5) is 10.5 Å². The highest BCUT2D eigenvalue weighted by Crippen LogP contribution is 2.27. The van der Waals surface area contributed by atoms with Crippen molar-refractivity contribution in [2.75, 3.05) is 12.4 Å². The molecule has 0 aliphatic rings. The van der Waals surface area contributed by atoms with Crippen LogP contribution in [0, 0.1) is 0 Å². The molecular weight excluding hydrogens is 323 g/mol. The number of anilines is 1. The lowest BCUT2D eigenvalue weighted by molar-refractivity contribution is 0.255. The highest BCUT2D eigenvalue weighted by molar-refractivity contribution is 6.32. The second-order valence-electron chi connectivity index (χ2n) is 4.30. The zero-order valence-corrected chi connectivity index (χ0v) is 13.3. The van der Waals surface area contributed by atoms with E-state index >= 15 is 0 Å². The van der Waals surface area contributed by atoms with E-state index in [-0.39, 0.29) is 0 Å². The number of rotatable bonds is 4. The van der Waals surface area contributed by atoms with Gasteiger partial charge in [-0.15, -0.1) is 0 Å². The number of ether oxygens (including phenoxy) is 1. The lowest BCUT2D eigenvalue weighted by Gasteiger charge is -2.10. The van der Waals surface area contributed by atoms with Crippen LogP contribution in [0.5, 0.6) is 5.75 Å². The summed E-state index contributed by atoms with van der Waals surface area (Å²) in [5.41, 5.74) is 1.29. The number of hydrogen-bond acceptors (Lipinski definition) is 2. The van der Waals surface area contributed by atoms with E-state index < -0.39 is 6.03 Å². The molecule has 0 atom stereocenters. The first-order chi connectivity index (χ1) is 10.6. The number of nitrogens with one attached hydrogen (secondary N) is 2. The van der Waals surface area contributed by atoms with Crippen LogP contribution in [0.1, 0.15) is 5.56 Å². The van der Waals surface area contributed by atoms with Gasteiger partial charge in [-0.3, -0.25) is 0 Å². The van der Waals surface area contributed by atoms with Crippen LogP contribution in [0.25, 0.3) is 6.08 Å². The van der Waals surface area contributed by atoms with E-state index in [9.17, 15) is 4.79 Å². The van der Waals surface area contributed by atoms with Gasteiger partial charge in [-0.1, -0.05) is 41.4 Å². The van der Waals surface area contributed by atoms with Crippen molar-refractivity contribution in [1.29, 1.82) is 0 Å². The predicted molar refractivity (Wildman–Crippen MR) is 90.6 cm³/mol. The molecule has 2 aromatic carbocycles. The molecule has 2 rings (SSSR count). The zero-order valence-electron chi connectivity index (χ0n) is 11.8. The summed E-state index contributed by atoms with van der Waals surface area (Å²) in [7, 11) is 1.52. The number of halogens is 2. The summed E-state index contributed by atoms with van der Waals surface area (Å²) in [6, 6.07) is 11.9. The average Bonchev–Trinajstić information content (AvgIpc) is 2.49. The molecule has 0 bridgehead atoms. The van der Waals surface area contributed by atoms with E-state index in [4.69, 9.17) is 27.9 Å². The number of amides is 2. The van der Waals surface area contributed by atoms with Gasteiger partial charge in [-0.25, -0.2) is 4.79 Å². The standard InChI is InChI=1S/C16H14Cl2N2O2/c1-22-15-7-6-12(17)10-14(15)20-16(21)19-9-8-11-4-2-3-5-13(11)18/h2-10H,1H3,(H2,19,20,21)/b9-8+. The summed E-state index contributed by atoms with van der Waals surface area (Å²) in [6.07, 6.45) is 3.21. The second-order valence-corrected chi connectivity index (χ2v) is 5.14. The molecule has 0 radical (unpaired) electrons. The van der Waals surface area contributed by atoms with E-state index in [1.165, 1.54) is 13.3 Å². The summed E-state index contributed by atoms with van der Waals surface area (Å²) in [5.74, 6) is 0.523. The Labute approximate surface area is 138 Å². The van der Waals surface area contributed by atoms with Gasteiger partial charge >= 0.3 is 6.03 Å². The molecule has 0 aliphatic carbocycles. The molecule has 0 saturated heterocycles. The first-order valence-corrected chi connectivity index (χ1v) is 7.18. The van der Waals surface area contributed by atoms with Crippen molar-refractivity contribution in [2.24, 2.45) is 0 Å². The molecule has 0 aromatic heterocycles. The fourth-order valence-electron chi connectivity index (χ4n) is 1.75. The molecular formula is C16H14Cl2N2O2. The summed E-state index contributed by atoms with van der Waals surface area (Å²) in [6.45, 7) is 0. The quantitative estimate of drug-likeness (QED) is 0.842. The van der Waals surface area contributed by atoms with Gasteiger partial charge in [0.2, 0.25) is 0 Å². The fraction of sp³-hybridized carbons (Fsp3) is 0.0625. The molecule has 0 unspecified atom stereocenters. The van der Waals surface area contributed by atoms with Crippen molar-refractivity contribution in [1.82, 2.24) is 5.32 Å². The van der Waals surface area contributed by atoms with Gasteiger partial charge in [-0.2, -0.15) is 0 Å². The topological polar surface area (TPSA) is 50.4 Å². The SMILES string of the molecule is COc1ccc(Cl)cc1NC(=O)N/C=C/c1ccccc1Cl. The summed E-state index contributed by atoms with van der Waals surface area (Å²) >= 11 is 11.9. The van der Waals surface area contributed by atoms with Crippen molar-refractivity contribution < 1.29 is 9.53 Å². The molecule has 2 amide bonds. The van der Waals surface area contributed by atoms with Gasteiger partial charge in [0.15, 0.2) is 0 Å². The molecule has 0 heterocycles. The molecule has 0 spiro atoms. The van der Waals surface area contributed by atoms with E-state index in [0.717, 1.165) is 5.56 Å². The molecule has 2 aromatic rings. The van der Waals surface area contributed by atoms with E-state index in [1.54, 1.807) is 30.3 Å². The summed E-state index contributed by atoms with van der Waals surface area (Å²) in [5, 5.41) is 6.36. The van der Waals surface area contributed by atoms with Gasteiger partial charge in [0.05, 0.1) is 12.8 Å². The lowest BCUT2D eigenvalue weighted by Crippen LogP contribution is -2.24. The Hall–Kier alpha value is -2.17. The molecule has 22 heavy (non-hydrogen) atoms. The van der Waals surface area contributed by atoms with Crippen molar-refractivity contribution in [3.8, 4) is 5.75 Å². The number of carbonyl (C=O) groups excluding carboxylic acids is 1. The maximum Gasteiger partial charge on any atom is 0.323 e. The third-order valence-electron chi connectivity index (χ3n) is 2.79. The Balaban J connectivity index is 1.99. The van der Waals surface area contributed by atoms with Gasteiger partial charge in [0.1, 0.15) is 5.75 Å². The van der Waals surface area contributed by atoms with Gasteiger partial charge in [-0.05, 0) is 35.9 Å². The number of carbonyl (C=O) groups is 1. The first-order valence-electron chi connectivity index (χ1n) is 6.42. The zero-order chi connectivity index (χ0) is 15.9. The van der Waals surface area contributed by atoms with Crippen LogP contribution in [-0.2, 0) is 0 Å². The average molecular weight is 337 g/mol. The van der Waals surface area contributed by atoms with Crippen LogP contribution in [-0.4, -0.2) is 13.1 Å². The van der Waals surface area contributed by atoms with Crippen LogP contribution >= 0.6 is 23.2 Å². The monoisotopic (exact) mass is 336 g/mol. The molecule has 0 fully saturated rings. The van der Waals surface area contributed by atoms with E-state index in [1.807, 2.05) is 18.2 Å². The maximum atomic E-state index is 11.9. The number of hydrogen-bond donors (Lipinski definition) is 2. The Kier molecular flexibility index (Phi) is 5.69. The van der Waals surface area contributed by atoms with Crippen LogP contribution in [0.2, 0.25) is 10.0 Å². The van der Waals surface area contributed by atoms with E-state index in [0.29, 0.717) is 21.5 Å². The normalized spacial score (nSPS) is 10.5. The Morgan fingerprint density at radius 2 is 1.95 bits per heavy atom. The number of benzene rings is 2. The first kappa shape index (κ1) is 16.2. The lowest BCUT2D eigenvalue weighted by atomic mass is 10.2. The predicted octanol–water partition coefficient (Wildman–Crippen LogP) is 4.79. The third-order valence-corrected chi connectivity index (χ3v) is 3.37. The maximum absolute atomic E-state index is 11.9. The Morgan fingerprint density at radius 3 is 2.68 bits per heavy atom. The third kappa shape index (κ3) is 4.41. The van der Waals surface area contributed by atoms with Crippen LogP contribution in [0.3, 0.4) is 0 Å². The minimum absolute atomic E-state index is 0.413. The molecule has 0 saturated carbocycles. The van der Waals surface area contributed by atoms with Gasteiger partial charge in [0, 0.05) is 16.2 Å². The van der Waals surface area contributed by atoms with Gasteiger partial charge in [0.25, 0.3) is 0 Å². The molecule has 6 heteroatoms. The minimum atomic E-state index is -0.413. The molecule has 2 N–H and O–H groups in total. The highest BCUT2D eigenvalue weighted by atomic mass is 35.5. The molecule has 4 nitrogen and oxygen atoms in total. The van der Waals surface area contributed by atoms with Crippen molar-refractivity contribution in [3.05, 3.63) is 64.3 Å². The summed E-state index contributed by atoms with van der Waals surface area (Å²) < 4.78 is 5.15. The van der Waals surface area contributed by atoms with Crippen molar-refractivity contribution >= 4 is 41.0 Å². The Bertz CT molecular complexity index is 702. The largest absolute Gasteiger partial charge is 0.495 e. The van der Waals surface area contributed by atoms with Crippen LogP contribution in [0.15, 0.2) is 48.7 Å². The van der Waals surface area contributed by atoms with Crippen LogP contribution < -0.4 is 15.4 Å². The Morgan fingerprint density at radius 1 is 1.18 bits per heavy atom. The van der Waals surface area contributed by atoms with E-state index in [2.05, 4.69) is 10.6 Å². The number of methoxy groups -OCH3 is 1. The van der Waals surface area contributed by atoms with Crippen molar-refractivity contribution in [2.45, 2.75) is 0 Å². The van der Waals surface area contributed by atoms with Gasteiger partial charge < -0.3 is 15.4 Å². The molecule has 114 valence electrons. The fourth-order valence-corrected chi connectivity index (χ4v) is 2.12. The van der Waals surface area contributed by atoms with Crippen molar-refractivity contribution in [3.63, 3.8) is 0 Å².